The quantitative estimate of drug-likeness (QED) is 0.390. The molecule has 3 heterocycles. The predicted molar refractivity (Wildman–Crippen MR) is 127 cm³/mol. The Bertz CT molecular complexity index is 1550. The number of fused-ring (bicyclic) bond motifs is 1. The number of nitrogens with zero attached hydrogens (tertiary/aromatic N) is 2. The van der Waals surface area contributed by atoms with Crippen molar-refractivity contribution >= 4 is 21.2 Å². The van der Waals surface area contributed by atoms with E-state index in [0.717, 1.165) is 21.6 Å². The van der Waals surface area contributed by atoms with Gasteiger partial charge in [0.2, 0.25) is 0 Å². The summed E-state index contributed by atoms with van der Waals surface area (Å²) in [7, 11) is -3.37. The first-order chi connectivity index (χ1) is 16.3. The van der Waals surface area contributed by atoms with Gasteiger partial charge in [-0.3, -0.25) is 0 Å². The first kappa shape index (κ1) is 23.5. The number of hydrogen-bond acceptors (Lipinski definition) is 7. The van der Waals surface area contributed by atoms with E-state index in [2.05, 4.69) is 9.84 Å². The Morgan fingerprint density at radius 2 is 1.74 bits per heavy atom. The number of benzene rings is 2. The third-order valence-electron chi connectivity index (χ3n) is 5.38. The second-order valence-corrected chi connectivity index (χ2v) is 11.7. The van der Waals surface area contributed by atoms with Crippen molar-refractivity contribution in [3.05, 3.63) is 66.4 Å². The lowest BCUT2D eigenvalue weighted by Gasteiger charge is -2.13. The highest BCUT2D eigenvalue weighted by atomic mass is 32.2. The SMILES string of the molecule is CC(C)(O)c1cc(-c2ccc(-c3cccc(S(C)(=O)=O)c3)s2)n(-c2cccc3c2OC(F)(F)O3)n1. The van der Waals surface area contributed by atoms with Crippen LogP contribution >= 0.6 is 11.3 Å². The highest BCUT2D eigenvalue weighted by molar-refractivity contribution is 7.90. The van der Waals surface area contributed by atoms with Gasteiger partial charge in [0.25, 0.3) is 0 Å². The fourth-order valence-corrected chi connectivity index (χ4v) is 5.34. The maximum Gasteiger partial charge on any atom is 0.586 e. The number of thiophene rings is 1. The molecule has 0 radical (unpaired) electrons. The van der Waals surface area contributed by atoms with E-state index in [9.17, 15) is 22.3 Å². The number of rotatable bonds is 5. The van der Waals surface area contributed by atoms with Crippen LogP contribution in [0.3, 0.4) is 0 Å². The number of halogens is 2. The highest BCUT2D eigenvalue weighted by Gasteiger charge is 2.45. The van der Waals surface area contributed by atoms with Gasteiger partial charge in [-0.05, 0) is 61.9 Å². The second-order valence-electron chi connectivity index (χ2n) is 8.62. The molecule has 182 valence electrons. The average molecular weight is 519 g/mol. The Balaban J connectivity index is 1.64. The standard InChI is InChI=1S/C24H20F2N2O5S2/c1-23(2,29)21-13-17(28(27-21)16-8-5-9-18-22(16)33-24(25,26)32-18)20-11-10-19(34-20)14-6-4-7-15(12-14)35(3,30)31/h4-13,29H,1-3H3. The van der Waals surface area contributed by atoms with Gasteiger partial charge < -0.3 is 14.6 Å². The predicted octanol–water partition coefficient (Wildman–Crippen LogP) is 5.22. The molecule has 4 aromatic rings. The van der Waals surface area contributed by atoms with Crippen molar-refractivity contribution < 1.29 is 31.8 Å². The van der Waals surface area contributed by atoms with E-state index in [-0.39, 0.29) is 22.1 Å². The van der Waals surface area contributed by atoms with Gasteiger partial charge in [-0.25, -0.2) is 13.1 Å². The molecule has 0 unspecified atom stereocenters. The zero-order chi connectivity index (χ0) is 25.2. The minimum atomic E-state index is -3.80. The van der Waals surface area contributed by atoms with Crippen molar-refractivity contribution in [1.29, 1.82) is 0 Å². The summed E-state index contributed by atoms with van der Waals surface area (Å²) < 4.78 is 62.3. The summed E-state index contributed by atoms with van der Waals surface area (Å²) in [6.07, 6.45) is -2.65. The summed E-state index contributed by atoms with van der Waals surface area (Å²) in [6.45, 7) is 3.15. The molecular weight excluding hydrogens is 498 g/mol. The van der Waals surface area contributed by atoms with E-state index in [0.29, 0.717) is 11.4 Å². The van der Waals surface area contributed by atoms with Crippen LogP contribution in [0.25, 0.3) is 26.7 Å². The van der Waals surface area contributed by atoms with Crippen LogP contribution in [0.15, 0.2) is 65.6 Å². The molecule has 1 N–H and O–H groups in total. The van der Waals surface area contributed by atoms with Crippen LogP contribution in [0.4, 0.5) is 8.78 Å². The number of alkyl halides is 2. The van der Waals surface area contributed by atoms with Crippen LogP contribution < -0.4 is 9.47 Å². The summed E-state index contributed by atoms with van der Waals surface area (Å²) in [6, 6.07) is 16.4. The number of ether oxygens (including phenoxy) is 2. The van der Waals surface area contributed by atoms with Crippen molar-refractivity contribution in [2.24, 2.45) is 0 Å². The van der Waals surface area contributed by atoms with Crippen LogP contribution in [0.2, 0.25) is 0 Å². The minimum absolute atomic E-state index is 0.122. The van der Waals surface area contributed by atoms with E-state index >= 15 is 0 Å². The maximum atomic E-state index is 13.8. The fourth-order valence-electron chi connectivity index (χ4n) is 3.67. The summed E-state index contributed by atoms with van der Waals surface area (Å²) in [5.41, 5.74) is 0.493. The zero-order valence-corrected chi connectivity index (χ0v) is 20.5. The molecule has 0 spiro atoms. The molecule has 0 saturated carbocycles. The van der Waals surface area contributed by atoms with Gasteiger partial charge in [0.1, 0.15) is 11.3 Å². The number of hydrogen-bond donors (Lipinski definition) is 1. The van der Waals surface area contributed by atoms with Gasteiger partial charge in [0.05, 0.1) is 21.2 Å². The first-order valence-electron chi connectivity index (χ1n) is 10.4. The molecule has 0 bridgehead atoms. The normalized spacial score (nSPS) is 14.9. The molecule has 0 amide bonds. The molecule has 5 rings (SSSR count). The Kier molecular flexibility index (Phi) is 5.28. The summed E-state index contributed by atoms with van der Waals surface area (Å²) in [4.78, 5) is 1.72. The van der Waals surface area contributed by atoms with Crippen LogP contribution in [0, 0.1) is 0 Å². The number of aromatic nitrogens is 2. The molecule has 0 saturated heterocycles. The van der Waals surface area contributed by atoms with E-state index in [1.807, 2.05) is 12.1 Å². The third-order valence-corrected chi connectivity index (χ3v) is 7.64. The van der Waals surface area contributed by atoms with Crippen molar-refractivity contribution in [2.75, 3.05) is 6.26 Å². The number of para-hydroxylation sites is 1. The lowest BCUT2D eigenvalue weighted by molar-refractivity contribution is -0.286. The van der Waals surface area contributed by atoms with Crippen LogP contribution in [-0.2, 0) is 15.4 Å². The van der Waals surface area contributed by atoms with E-state index in [1.165, 1.54) is 28.2 Å². The summed E-state index contributed by atoms with van der Waals surface area (Å²) in [5, 5.41) is 15.1. The van der Waals surface area contributed by atoms with Gasteiger partial charge in [0.15, 0.2) is 21.3 Å². The Labute approximate surface area is 204 Å². The van der Waals surface area contributed by atoms with E-state index in [1.54, 1.807) is 50.2 Å². The molecule has 0 fully saturated rings. The van der Waals surface area contributed by atoms with Gasteiger partial charge >= 0.3 is 6.29 Å². The van der Waals surface area contributed by atoms with E-state index < -0.39 is 21.7 Å². The minimum Gasteiger partial charge on any atom is -0.395 e. The van der Waals surface area contributed by atoms with Crippen molar-refractivity contribution in [3.8, 4) is 38.2 Å². The topological polar surface area (TPSA) is 90.7 Å². The summed E-state index contributed by atoms with van der Waals surface area (Å²) >= 11 is 1.37. The van der Waals surface area contributed by atoms with Crippen LogP contribution in [0.5, 0.6) is 11.5 Å². The zero-order valence-electron chi connectivity index (χ0n) is 18.8. The number of sulfone groups is 1. The largest absolute Gasteiger partial charge is 0.586 e. The van der Waals surface area contributed by atoms with Crippen molar-refractivity contribution in [3.63, 3.8) is 0 Å². The Morgan fingerprint density at radius 3 is 2.46 bits per heavy atom. The van der Waals surface area contributed by atoms with Gasteiger partial charge in [-0.1, -0.05) is 18.2 Å². The lowest BCUT2D eigenvalue weighted by Crippen LogP contribution is -2.26. The maximum absolute atomic E-state index is 13.8. The molecule has 1 aliphatic heterocycles. The molecule has 2 aromatic carbocycles. The van der Waals surface area contributed by atoms with Gasteiger partial charge in [0, 0.05) is 11.1 Å². The monoisotopic (exact) mass is 518 g/mol. The fraction of sp³-hybridized carbons (Fsp3) is 0.208. The average Bonchev–Trinajstić information content (AvgIpc) is 3.47. The molecule has 35 heavy (non-hydrogen) atoms. The molecule has 7 nitrogen and oxygen atoms in total. The molecule has 1 aliphatic rings. The van der Waals surface area contributed by atoms with Gasteiger partial charge in [-0.2, -0.15) is 5.10 Å². The number of aliphatic hydroxyl groups is 1. The lowest BCUT2D eigenvalue weighted by atomic mass is 10.1. The van der Waals surface area contributed by atoms with Crippen LogP contribution in [0.1, 0.15) is 19.5 Å². The molecule has 0 atom stereocenters. The Morgan fingerprint density at radius 1 is 1.03 bits per heavy atom. The molecular formula is C24H20F2N2O5S2. The molecule has 0 aliphatic carbocycles. The molecule has 11 heteroatoms. The smallest absolute Gasteiger partial charge is 0.395 e. The Hall–Kier alpha value is -3.28. The summed E-state index contributed by atoms with van der Waals surface area (Å²) in [5.74, 6) is -0.287. The second kappa shape index (κ2) is 7.87. The highest BCUT2D eigenvalue weighted by Crippen LogP contribution is 2.46. The van der Waals surface area contributed by atoms with E-state index in [4.69, 9.17) is 4.74 Å². The van der Waals surface area contributed by atoms with Gasteiger partial charge in [-0.15, -0.1) is 20.1 Å². The van der Waals surface area contributed by atoms with Crippen molar-refractivity contribution in [2.45, 2.75) is 30.6 Å². The van der Waals surface area contributed by atoms with Crippen molar-refractivity contribution in [1.82, 2.24) is 9.78 Å². The third kappa shape index (κ3) is 4.42. The first-order valence-corrected chi connectivity index (χ1v) is 13.2. The van der Waals surface area contributed by atoms with Crippen LogP contribution in [-0.4, -0.2) is 35.9 Å². The molecule has 2 aromatic heterocycles.